The van der Waals surface area contributed by atoms with Gasteiger partial charge in [0, 0.05) is 12.6 Å². The number of carbonyl (C=O) groups is 1. The summed E-state index contributed by atoms with van der Waals surface area (Å²) in [5.41, 5.74) is 2.68. The molecule has 2 aromatic rings. The summed E-state index contributed by atoms with van der Waals surface area (Å²) < 4.78 is 0. The van der Waals surface area contributed by atoms with Crippen LogP contribution in [0.25, 0.3) is 0 Å². The number of hydrogen-bond acceptors (Lipinski definition) is 3. The largest absolute Gasteiger partial charge is 0.382 e. The summed E-state index contributed by atoms with van der Waals surface area (Å²) in [5, 5.41) is 4.33. The Balaban J connectivity index is 1.88. The molecule has 0 radical (unpaired) electrons. The summed E-state index contributed by atoms with van der Waals surface area (Å²) in [4.78, 5) is 12.6. The van der Waals surface area contributed by atoms with Gasteiger partial charge in [-0.3, -0.25) is 4.79 Å². The quantitative estimate of drug-likeness (QED) is 0.852. The predicted octanol–water partition coefficient (Wildman–Crippen LogP) is 4.34. The van der Waals surface area contributed by atoms with Gasteiger partial charge in [0.1, 0.15) is 0 Å². The molecular weight excluding hydrogens is 290 g/mol. The van der Waals surface area contributed by atoms with Crippen LogP contribution in [0.3, 0.4) is 0 Å². The molecule has 1 N–H and O–H groups in total. The van der Waals surface area contributed by atoms with E-state index in [1.54, 1.807) is 11.8 Å². The molecule has 22 heavy (non-hydrogen) atoms. The second-order valence-corrected chi connectivity index (χ2v) is 6.15. The summed E-state index contributed by atoms with van der Waals surface area (Å²) >= 11 is 1.68. The van der Waals surface area contributed by atoms with E-state index in [0.717, 1.165) is 10.6 Å². The molecule has 1 atom stereocenters. The standard InChI is InChI=1S/C19H17NOS/c1-20-19-16(18(21)15-10-6-3-7-11-15)12-13-17(22-19)14-8-4-2-5-9-14/h2-13,17,20H,1H3. The van der Waals surface area contributed by atoms with Crippen molar-refractivity contribution in [2.45, 2.75) is 5.25 Å². The maximum Gasteiger partial charge on any atom is 0.195 e. The van der Waals surface area contributed by atoms with Crippen LogP contribution in [-0.2, 0) is 0 Å². The molecule has 0 amide bonds. The van der Waals surface area contributed by atoms with Gasteiger partial charge in [-0.1, -0.05) is 84.6 Å². The molecule has 110 valence electrons. The molecule has 2 nitrogen and oxygen atoms in total. The van der Waals surface area contributed by atoms with Crippen molar-refractivity contribution in [2.24, 2.45) is 0 Å². The number of carbonyl (C=O) groups excluding carboxylic acids is 1. The summed E-state index contributed by atoms with van der Waals surface area (Å²) in [6, 6.07) is 19.7. The van der Waals surface area contributed by atoms with E-state index in [1.807, 2.05) is 61.7 Å². The lowest BCUT2D eigenvalue weighted by Gasteiger charge is -2.21. The van der Waals surface area contributed by atoms with Gasteiger partial charge < -0.3 is 5.32 Å². The Morgan fingerprint density at radius 1 is 1.00 bits per heavy atom. The zero-order valence-electron chi connectivity index (χ0n) is 12.3. The summed E-state index contributed by atoms with van der Waals surface area (Å²) in [6.07, 6.45) is 4.03. The van der Waals surface area contributed by atoms with Gasteiger partial charge in [-0.2, -0.15) is 0 Å². The Bertz CT molecular complexity index is 720. The minimum absolute atomic E-state index is 0.0558. The highest BCUT2D eigenvalue weighted by atomic mass is 32.2. The van der Waals surface area contributed by atoms with Crippen LogP contribution in [0.4, 0.5) is 0 Å². The molecule has 0 saturated carbocycles. The molecule has 0 saturated heterocycles. The van der Waals surface area contributed by atoms with Crippen molar-refractivity contribution in [3.63, 3.8) is 0 Å². The summed E-state index contributed by atoms with van der Waals surface area (Å²) in [7, 11) is 1.86. The van der Waals surface area contributed by atoms with Crippen LogP contribution in [0.1, 0.15) is 21.2 Å². The predicted molar refractivity (Wildman–Crippen MR) is 92.8 cm³/mol. The third-order valence-electron chi connectivity index (χ3n) is 3.56. The highest BCUT2D eigenvalue weighted by molar-refractivity contribution is 8.03. The molecule has 1 aliphatic rings. The number of ketones is 1. The van der Waals surface area contributed by atoms with Gasteiger partial charge in [0.05, 0.1) is 15.9 Å². The van der Waals surface area contributed by atoms with Crippen LogP contribution >= 0.6 is 11.8 Å². The fourth-order valence-electron chi connectivity index (χ4n) is 2.43. The molecule has 3 heteroatoms. The van der Waals surface area contributed by atoms with Crippen molar-refractivity contribution < 1.29 is 4.79 Å². The molecular formula is C19H17NOS. The topological polar surface area (TPSA) is 29.1 Å². The fourth-order valence-corrected chi connectivity index (χ4v) is 3.54. The van der Waals surface area contributed by atoms with Crippen molar-refractivity contribution in [1.29, 1.82) is 0 Å². The molecule has 0 bridgehead atoms. The number of hydrogen-bond donors (Lipinski definition) is 1. The van der Waals surface area contributed by atoms with E-state index >= 15 is 0 Å². The molecule has 2 aromatic carbocycles. The first-order valence-electron chi connectivity index (χ1n) is 7.21. The smallest absolute Gasteiger partial charge is 0.195 e. The molecule has 3 rings (SSSR count). The van der Waals surface area contributed by atoms with Gasteiger partial charge in [0.2, 0.25) is 0 Å². The molecule has 0 aliphatic carbocycles. The lowest BCUT2D eigenvalue weighted by molar-refractivity contribution is 0.103. The fraction of sp³-hybridized carbons (Fsp3) is 0.105. The minimum atomic E-state index is 0.0558. The lowest BCUT2D eigenvalue weighted by Crippen LogP contribution is -2.15. The number of allylic oxidation sites excluding steroid dienone is 2. The van der Waals surface area contributed by atoms with E-state index in [-0.39, 0.29) is 11.0 Å². The lowest BCUT2D eigenvalue weighted by atomic mass is 10.0. The van der Waals surface area contributed by atoms with Crippen LogP contribution in [-0.4, -0.2) is 12.8 Å². The Kier molecular flexibility index (Phi) is 4.45. The number of thioether (sulfide) groups is 1. The van der Waals surface area contributed by atoms with E-state index in [4.69, 9.17) is 0 Å². The highest BCUT2D eigenvalue weighted by Crippen LogP contribution is 2.40. The van der Waals surface area contributed by atoms with Crippen molar-refractivity contribution in [3.05, 3.63) is 94.5 Å². The van der Waals surface area contributed by atoms with Gasteiger partial charge in [0.15, 0.2) is 5.78 Å². The van der Waals surface area contributed by atoms with E-state index in [2.05, 4.69) is 23.5 Å². The second kappa shape index (κ2) is 6.67. The maximum absolute atomic E-state index is 12.6. The second-order valence-electron chi connectivity index (χ2n) is 5.00. The molecule has 0 aromatic heterocycles. The van der Waals surface area contributed by atoms with Crippen molar-refractivity contribution >= 4 is 17.5 Å². The van der Waals surface area contributed by atoms with E-state index in [1.165, 1.54) is 5.56 Å². The molecule has 1 heterocycles. The first kappa shape index (κ1) is 14.7. The van der Waals surface area contributed by atoms with Gasteiger partial charge in [-0.15, -0.1) is 0 Å². The van der Waals surface area contributed by atoms with Crippen molar-refractivity contribution in [1.82, 2.24) is 5.32 Å². The first-order chi connectivity index (χ1) is 10.8. The average Bonchev–Trinajstić information content (AvgIpc) is 2.62. The normalized spacial score (nSPS) is 17.4. The maximum atomic E-state index is 12.6. The van der Waals surface area contributed by atoms with Gasteiger partial charge in [-0.05, 0) is 5.56 Å². The van der Waals surface area contributed by atoms with Gasteiger partial charge in [-0.25, -0.2) is 0 Å². The first-order valence-corrected chi connectivity index (χ1v) is 8.09. The molecule has 0 spiro atoms. The number of benzene rings is 2. The van der Waals surface area contributed by atoms with Crippen molar-refractivity contribution in [2.75, 3.05) is 7.05 Å². The van der Waals surface area contributed by atoms with Crippen LogP contribution < -0.4 is 5.32 Å². The molecule has 0 fully saturated rings. The third-order valence-corrected chi connectivity index (χ3v) is 4.91. The van der Waals surface area contributed by atoms with E-state index < -0.39 is 0 Å². The summed E-state index contributed by atoms with van der Waals surface area (Å²) in [5.74, 6) is 0.0558. The highest BCUT2D eigenvalue weighted by Gasteiger charge is 2.22. The van der Waals surface area contributed by atoms with Gasteiger partial charge >= 0.3 is 0 Å². The Morgan fingerprint density at radius 2 is 1.64 bits per heavy atom. The molecule has 1 aliphatic heterocycles. The summed E-state index contributed by atoms with van der Waals surface area (Å²) in [6.45, 7) is 0. The monoisotopic (exact) mass is 307 g/mol. The van der Waals surface area contributed by atoms with Crippen LogP contribution in [0.5, 0.6) is 0 Å². The number of rotatable bonds is 4. The van der Waals surface area contributed by atoms with Crippen molar-refractivity contribution in [3.8, 4) is 0 Å². The van der Waals surface area contributed by atoms with Crippen LogP contribution in [0, 0.1) is 0 Å². The third kappa shape index (κ3) is 3.00. The number of nitrogens with one attached hydrogen (secondary N) is 1. The average molecular weight is 307 g/mol. The number of Topliss-reactive ketones (excluding diaryl/α,β-unsaturated/α-hetero) is 1. The van der Waals surface area contributed by atoms with Gasteiger partial charge in [0.25, 0.3) is 0 Å². The Labute approximate surface area is 134 Å². The van der Waals surface area contributed by atoms with E-state index in [0.29, 0.717) is 5.56 Å². The zero-order valence-corrected chi connectivity index (χ0v) is 13.1. The molecule has 1 unspecified atom stereocenters. The van der Waals surface area contributed by atoms with Crippen LogP contribution in [0.2, 0.25) is 0 Å². The van der Waals surface area contributed by atoms with Crippen LogP contribution in [0.15, 0.2) is 83.4 Å². The Morgan fingerprint density at radius 3 is 2.27 bits per heavy atom. The zero-order chi connectivity index (χ0) is 15.4. The Hall–Kier alpha value is -2.26. The SMILES string of the molecule is CNC1=C(C(=O)c2ccccc2)C=CC(c2ccccc2)S1. The minimum Gasteiger partial charge on any atom is -0.382 e. The van der Waals surface area contributed by atoms with E-state index in [9.17, 15) is 4.79 Å².